The molecule has 0 spiro atoms. The van der Waals surface area contributed by atoms with Crippen molar-refractivity contribution in [3.8, 4) is 11.5 Å². The zero-order valence-electron chi connectivity index (χ0n) is 16.9. The molecule has 1 N–H and O–H groups in total. The standard InChI is InChI=1S/C22H25N3O5/c1-24(22(27)20-15-29-18-4-2-3-5-19(18)30-20)14-21(26)23-16-6-8-17(9-7-16)25-10-12-28-13-11-25/h2-9,20H,10-15H2,1H3,(H,23,26)/t20-/m0/s1. The largest absolute Gasteiger partial charge is 0.485 e. The van der Waals surface area contributed by atoms with Gasteiger partial charge in [0.15, 0.2) is 11.5 Å². The van der Waals surface area contributed by atoms with Crippen LogP contribution in [0.4, 0.5) is 11.4 Å². The summed E-state index contributed by atoms with van der Waals surface area (Å²) in [5.41, 5.74) is 1.78. The summed E-state index contributed by atoms with van der Waals surface area (Å²) >= 11 is 0. The minimum atomic E-state index is -0.773. The van der Waals surface area contributed by atoms with Gasteiger partial charge in [0.05, 0.1) is 19.8 Å². The van der Waals surface area contributed by atoms with Crippen molar-refractivity contribution in [2.45, 2.75) is 6.10 Å². The van der Waals surface area contributed by atoms with Gasteiger partial charge in [0.25, 0.3) is 5.91 Å². The number of rotatable bonds is 5. The minimum absolute atomic E-state index is 0.0778. The second-order valence-corrected chi connectivity index (χ2v) is 7.25. The van der Waals surface area contributed by atoms with Gasteiger partial charge >= 0.3 is 0 Å². The van der Waals surface area contributed by atoms with Crippen molar-refractivity contribution >= 4 is 23.2 Å². The monoisotopic (exact) mass is 411 g/mol. The van der Waals surface area contributed by atoms with E-state index in [2.05, 4.69) is 10.2 Å². The maximum atomic E-state index is 12.6. The van der Waals surface area contributed by atoms with E-state index < -0.39 is 6.10 Å². The van der Waals surface area contributed by atoms with Crippen molar-refractivity contribution in [2.24, 2.45) is 0 Å². The molecule has 8 nitrogen and oxygen atoms in total. The van der Waals surface area contributed by atoms with Gasteiger partial charge in [-0.25, -0.2) is 0 Å². The molecule has 1 saturated heterocycles. The van der Waals surface area contributed by atoms with E-state index in [1.807, 2.05) is 36.4 Å². The summed E-state index contributed by atoms with van der Waals surface area (Å²) in [7, 11) is 1.58. The molecule has 2 aromatic rings. The Hall–Kier alpha value is -3.26. The first kappa shape index (κ1) is 20.0. The third-order valence-electron chi connectivity index (χ3n) is 5.07. The zero-order valence-corrected chi connectivity index (χ0v) is 16.9. The number of ether oxygens (including phenoxy) is 3. The number of amides is 2. The molecule has 30 heavy (non-hydrogen) atoms. The van der Waals surface area contributed by atoms with E-state index in [0.29, 0.717) is 17.2 Å². The van der Waals surface area contributed by atoms with Crippen LogP contribution in [0.1, 0.15) is 0 Å². The fourth-order valence-electron chi connectivity index (χ4n) is 3.46. The van der Waals surface area contributed by atoms with Gasteiger partial charge in [-0.2, -0.15) is 0 Å². The molecule has 0 aliphatic carbocycles. The molecule has 0 saturated carbocycles. The van der Waals surface area contributed by atoms with Gasteiger partial charge < -0.3 is 29.3 Å². The molecular formula is C22H25N3O5. The molecule has 2 amide bonds. The number of carbonyl (C=O) groups is 2. The van der Waals surface area contributed by atoms with E-state index in [-0.39, 0.29) is 25.0 Å². The number of morpholine rings is 1. The van der Waals surface area contributed by atoms with Crippen molar-refractivity contribution in [2.75, 3.05) is 56.7 Å². The van der Waals surface area contributed by atoms with Gasteiger partial charge in [-0.1, -0.05) is 12.1 Å². The highest BCUT2D eigenvalue weighted by Gasteiger charge is 2.30. The first-order valence-corrected chi connectivity index (χ1v) is 9.96. The molecule has 2 heterocycles. The topological polar surface area (TPSA) is 80.3 Å². The van der Waals surface area contributed by atoms with E-state index in [1.54, 1.807) is 19.2 Å². The van der Waals surface area contributed by atoms with E-state index in [1.165, 1.54) is 4.90 Å². The second kappa shape index (κ2) is 9.04. The first-order valence-electron chi connectivity index (χ1n) is 9.96. The Morgan fingerprint density at radius 1 is 1.07 bits per heavy atom. The molecule has 1 atom stereocenters. The molecule has 8 heteroatoms. The SMILES string of the molecule is CN(CC(=O)Nc1ccc(N2CCOCC2)cc1)C(=O)[C@@H]1COc2ccccc2O1. The Balaban J connectivity index is 1.28. The lowest BCUT2D eigenvalue weighted by atomic mass is 10.2. The van der Waals surface area contributed by atoms with Crippen LogP contribution in [0.15, 0.2) is 48.5 Å². The number of hydrogen-bond donors (Lipinski definition) is 1. The highest BCUT2D eigenvalue weighted by Crippen LogP contribution is 2.31. The van der Waals surface area contributed by atoms with E-state index in [0.717, 1.165) is 32.0 Å². The van der Waals surface area contributed by atoms with Gasteiger partial charge in [0, 0.05) is 31.5 Å². The summed E-state index contributed by atoms with van der Waals surface area (Å²) in [4.78, 5) is 28.6. The molecule has 158 valence electrons. The Bertz CT molecular complexity index is 896. The van der Waals surface area contributed by atoms with Gasteiger partial charge in [0.1, 0.15) is 6.61 Å². The quantitative estimate of drug-likeness (QED) is 0.808. The number of nitrogens with zero attached hydrogens (tertiary/aromatic N) is 2. The average molecular weight is 411 g/mol. The van der Waals surface area contributed by atoms with Gasteiger partial charge in [-0.15, -0.1) is 0 Å². The Morgan fingerprint density at radius 2 is 1.77 bits per heavy atom. The van der Waals surface area contributed by atoms with Crippen LogP contribution in [-0.2, 0) is 14.3 Å². The summed E-state index contributed by atoms with van der Waals surface area (Å²) in [5.74, 6) is 0.562. The van der Waals surface area contributed by atoms with Crippen LogP contribution >= 0.6 is 0 Å². The maximum Gasteiger partial charge on any atom is 0.267 e. The Labute approximate surface area is 175 Å². The summed E-state index contributed by atoms with van der Waals surface area (Å²) in [6, 6.07) is 14.9. The van der Waals surface area contributed by atoms with Crippen LogP contribution in [0, 0.1) is 0 Å². The molecular weight excluding hydrogens is 386 g/mol. The number of benzene rings is 2. The highest BCUT2D eigenvalue weighted by molar-refractivity contribution is 5.95. The number of likely N-dealkylation sites (N-methyl/N-ethyl adjacent to an activating group) is 1. The van der Waals surface area contributed by atoms with E-state index >= 15 is 0 Å². The molecule has 2 aliphatic rings. The summed E-state index contributed by atoms with van der Waals surface area (Å²) in [6.45, 7) is 3.20. The van der Waals surface area contributed by atoms with Crippen LogP contribution in [0.3, 0.4) is 0 Å². The van der Waals surface area contributed by atoms with E-state index in [4.69, 9.17) is 14.2 Å². The van der Waals surface area contributed by atoms with E-state index in [9.17, 15) is 9.59 Å². The van der Waals surface area contributed by atoms with Crippen LogP contribution in [0.25, 0.3) is 0 Å². The third kappa shape index (κ3) is 4.65. The lowest BCUT2D eigenvalue weighted by molar-refractivity contribution is -0.141. The van der Waals surface area contributed by atoms with Crippen molar-refractivity contribution in [3.05, 3.63) is 48.5 Å². The number of carbonyl (C=O) groups excluding carboxylic acids is 2. The molecule has 2 aliphatic heterocycles. The third-order valence-corrected chi connectivity index (χ3v) is 5.07. The Morgan fingerprint density at radius 3 is 2.50 bits per heavy atom. The number of para-hydroxylation sites is 2. The lowest BCUT2D eigenvalue weighted by Crippen LogP contribution is -2.47. The fraction of sp³-hybridized carbons (Fsp3) is 0.364. The van der Waals surface area contributed by atoms with Crippen molar-refractivity contribution in [1.29, 1.82) is 0 Å². The predicted molar refractivity (Wildman–Crippen MR) is 112 cm³/mol. The number of anilines is 2. The zero-order chi connectivity index (χ0) is 20.9. The maximum absolute atomic E-state index is 12.6. The fourth-order valence-corrected chi connectivity index (χ4v) is 3.46. The van der Waals surface area contributed by atoms with Crippen LogP contribution < -0.4 is 19.7 Å². The van der Waals surface area contributed by atoms with Crippen LogP contribution in [0.5, 0.6) is 11.5 Å². The number of hydrogen-bond acceptors (Lipinski definition) is 6. The first-order chi connectivity index (χ1) is 14.6. The molecule has 0 unspecified atom stereocenters. The predicted octanol–water partition coefficient (Wildman–Crippen LogP) is 1.76. The average Bonchev–Trinajstić information content (AvgIpc) is 2.79. The van der Waals surface area contributed by atoms with Gasteiger partial charge in [-0.05, 0) is 36.4 Å². The van der Waals surface area contributed by atoms with Crippen molar-refractivity contribution in [1.82, 2.24) is 4.90 Å². The smallest absolute Gasteiger partial charge is 0.267 e. The van der Waals surface area contributed by atoms with Gasteiger partial charge in [-0.3, -0.25) is 9.59 Å². The highest BCUT2D eigenvalue weighted by atomic mass is 16.6. The molecule has 0 aromatic heterocycles. The molecule has 0 radical (unpaired) electrons. The minimum Gasteiger partial charge on any atom is -0.485 e. The van der Waals surface area contributed by atoms with Gasteiger partial charge in [0.2, 0.25) is 12.0 Å². The number of fused-ring (bicyclic) bond motifs is 1. The Kier molecular flexibility index (Phi) is 6.04. The molecule has 1 fully saturated rings. The van der Waals surface area contributed by atoms with Crippen molar-refractivity contribution < 1.29 is 23.8 Å². The molecule has 2 aromatic carbocycles. The second-order valence-electron chi connectivity index (χ2n) is 7.25. The van der Waals surface area contributed by atoms with Crippen LogP contribution in [-0.4, -0.2) is 69.3 Å². The molecule has 4 rings (SSSR count). The summed E-state index contributed by atoms with van der Waals surface area (Å²) < 4.78 is 16.7. The number of nitrogens with one attached hydrogen (secondary N) is 1. The summed E-state index contributed by atoms with van der Waals surface area (Å²) in [6.07, 6.45) is -0.773. The van der Waals surface area contributed by atoms with Crippen LogP contribution in [0.2, 0.25) is 0 Å². The normalized spacial score (nSPS) is 17.9. The van der Waals surface area contributed by atoms with Crippen molar-refractivity contribution in [3.63, 3.8) is 0 Å². The summed E-state index contributed by atoms with van der Waals surface area (Å²) in [5, 5.41) is 2.83. The molecule has 0 bridgehead atoms. The lowest BCUT2D eigenvalue weighted by Gasteiger charge is -2.29.